The lowest BCUT2D eigenvalue weighted by Gasteiger charge is -2.15. The highest BCUT2D eigenvalue weighted by molar-refractivity contribution is 5.82. The van der Waals surface area contributed by atoms with Crippen LogP contribution in [0.5, 0.6) is 0 Å². The van der Waals surface area contributed by atoms with Crippen molar-refractivity contribution in [3.8, 4) is 0 Å². The van der Waals surface area contributed by atoms with E-state index in [-0.39, 0.29) is 30.6 Å². The number of halogens is 3. The first-order chi connectivity index (χ1) is 7.44. The van der Waals surface area contributed by atoms with Crippen LogP contribution in [0.3, 0.4) is 0 Å². The fraction of sp³-hybridized carbons (Fsp3) is 0.900. The van der Waals surface area contributed by atoms with Crippen LogP contribution in [0.2, 0.25) is 0 Å². The fourth-order valence-electron chi connectivity index (χ4n) is 1.80. The third-order valence-electron chi connectivity index (χ3n) is 2.75. The Morgan fingerprint density at radius 3 is 2.69 bits per heavy atom. The summed E-state index contributed by atoms with van der Waals surface area (Å²) >= 11 is 0. The number of alkyl halides is 3. The maximum absolute atomic E-state index is 11.9. The molecule has 16 heavy (non-hydrogen) atoms. The molecule has 0 bridgehead atoms. The summed E-state index contributed by atoms with van der Waals surface area (Å²) in [5, 5.41) is 2.93. The van der Waals surface area contributed by atoms with Crippen LogP contribution in [0.4, 0.5) is 13.2 Å². The molecule has 2 unspecified atom stereocenters. The molecule has 1 heterocycles. The zero-order valence-corrected chi connectivity index (χ0v) is 9.14. The Bertz CT molecular complexity index is 243. The quantitative estimate of drug-likeness (QED) is 0.790. The van der Waals surface area contributed by atoms with Gasteiger partial charge in [0.05, 0.1) is 19.1 Å². The van der Waals surface area contributed by atoms with Gasteiger partial charge in [-0.3, -0.25) is 4.79 Å². The summed E-state index contributed by atoms with van der Waals surface area (Å²) in [7, 11) is 1.72. The van der Waals surface area contributed by atoms with Crippen molar-refractivity contribution in [2.75, 3.05) is 20.3 Å². The van der Waals surface area contributed by atoms with E-state index in [2.05, 4.69) is 5.32 Å². The lowest BCUT2D eigenvalue weighted by molar-refractivity contribution is -0.137. The number of ether oxygens (including phenoxy) is 1. The number of rotatable bonds is 5. The molecule has 0 saturated carbocycles. The molecule has 6 heteroatoms. The zero-order valence-electron chi connectivity index (χ0n) is 9.14. The number of hydrogen-bond acceptors (Lipinski definition) is 3. The van der Waals surface area contributed by atoms with E-state index in [1.165, 1.54) is 0 Å². The number of Topliss-reactive ketones (excluding diaryl/α,β-unsaturated/α-hetero) is 1. The highest BCUT2D eigenvalue weighted by Crippen LogP contribution is 2.24. The molecule has 1 rings (SSSR count). The second-order valence-corrected chi connectivity index (χ2v) is 3.97. The minimum atomic E-state index is -4.17. The molecule has 1 aliphatic heterocycles. The summed E-state index contributed by atoms with van der Waals surface area (Å²) in [6.07, 6.45) is -5.22. The van der Waals surface area contributed by atoms with Gasteiger partial charge in [-0.25, -0.2) is 0 Å². The maximum Gasteiger partial charge on any atom is 0.389 e. The SMILES string of the molecule is CNC1COCC1C(=O)CCCC(F)(F)F. The molecule has 94 valence electrons. The van der Waals surface area contributed by atoms with E-state index in [1.54, 1.807) is 7.05 Å². The number of likely N-dealkylation sites (N-methyl/N-ethyl adjacent to an activating group) is 1. The lowest BCUT2D eigenvalue weighted by Crippen LogP contribution is -2.36. The highest BCUT2D eigenvalue weighted by atomic mass is 19.4. The van der Waals surface area contributed by atoms with Gasteiger partial charge in [0.15, 0.2) is 0 Å². The van der Waals surface area contributed by atoms with Gasteiger partial charge in [-0.2, -0.15) is 13.2 Å². The predicted molar refractivity (Wildman–Crippen MR) is 52.1 cm³/mol. The van der Waals surface area contributed by atoms with Gasteiger partial charge in [0.2, 0.25) is 0 Å². The molecule has 0 aliphatic carbocycles. The number of carbonyl (C=O) groups excluding carboxylic acids is 1. The van der Waals surface area contributed by atoms with Crippen molar-refractivity contribution in [2.45, 2.75) is 31.5 Å². The Morgan fingerprint density at radius 1 is 1.44 bits per heavy atom. The van der Waals surface area contributed by atoms with Crippen molar-refractivity contribution in [3.63, 3.8) is 0 Å². The third-order valence-corrected chi connectivity index (χ3v) is 2.75. The Labute approximate surface area is 92.3 Å². The molecular weight excluding hydrogens is 223 g/mol. The molecule has 0 radical (unpaired) electrons. The molecule has 0 aromatic rings. The van der Waals surface area contributed by atoms with E-state index in [1.807, 2.05) is 0 Å². The molecule has 1 saturated heterocycles. The van der Waals surface area contributed by atoms with Crippen LogP contribution in [0.25, 0.3) is 0 Å². The van der Waals surface area contributed by atoms with E-state index < -0.39 is 12.6 Å². The second kappa shape index (κ2) is 5.63. The normalized spacial score (nSPS) is 26.0. The molecule has 0 aromatic carbocycles. The first-order valence-corrected chi connectivity index (χ1v) is 5.28. The Morgan fingerprint density at radius 2 is 2.12 bits per heavy atom. The van der Waals surface area contributed by atoms with Crippen LogP contribution >= 0.6 is 0 Å². The smallest absolute Gasteiger partial charge is 0.379 e. The largest absolute Gasteiger partial charge is 0.389 e. The topological polar surface area (TPSA) is 38.3 Å². The standard InChI is InChI=1S/C10H16F3NO2/c1-14-8-6-16-5-7(8)9(15)3-2-4-10(11,12)13/h7-8,14H,2-6H2,1H3. The Kier molecular flexibility index (Phi) is 4.73. The van der Waals surface area contributed by atoms with Crippen molar-refractivity contribution in [1.29, 1.82) is 0 Å². The first kappa shape index (κ1) is 13.4. The summed E-state index contributed by atoms with van der Waals surface area (Å²) in [6, 6.07) is -0.0570. The van der Waals surface area contributed by atoms with Gasteiger partial charge in [-0.15, -0.1) is 0 Å². The Hall–Kier alpha value is -0.620. The molecule has 1 N–H and O–H groups in total. The van der Waals surface area contributed by atoms with Crippen molar-refractivity contribution in [3.05, 3.63) is 0 Å². The van der Waals surface area contributed by atoms with Crippen molar-refractivity contribution in [2.24, 2.45) is 5.92 Å². The average molecular weight is 239 g/mol. The monoisotopic (exact) mass is 239 g/mol. The van der Waals surface area contributed by atoms with Crippen LogP contribution in [-0.4, -0.2) is 38.3 Å². The maximum atomic E-state index is 11.9. The molecule has 1 fully saturated rings. The van der Waals surface area contributed by atoms with Crippen LogP contribution in [0.15, 0.2) is 0 Å². The van der Waals surface area contributed by atoms with Crippen molar-refractivity contribution >= 4 is 5.78 Å². The molecule has 0 aromatic heterocycles. The van der Waals surface area contributed by atoms with Crippen molar-refractivity contribution in [1.82, 2.24) is 5.32 Å². The van der Waals surface area contributed by atoms with Crippen molar-refractivity contribution < 1.29 is 22.7 Å². The van der Waals surface area contributed by atoms with Gasteiger partial charge in [-0.1, -0.05) is 0 Å². The van der Waals surface area contributed by atoms with E-state index in [9.17, 15) is 18.0 Å². The van der Waals surface area contributed by atoms with E-state index >= 15 is 0 Å². The third kappa shape index (κ3) is 4.09. The van der Waals surface area contributed by atoms with Crippen LogP contribution in [0, 0.1) is 5.92 Å². The van der Waals surface area contributed by atoms with E-state index in [4.69, 9.17) is 4.74 Å². The molecular formula is C10H16F3NO2. The Balaban J connectivity index is 2.29. The van der Waals surface area contributed by atoms with Gasteiger partial charge in [0.1, 0.15) is 5.78 Å². The van der Waals surface area contributed by atoms with Gasteiger partial charge < -0.3 is 10.1 Å². The fourth-order valence-corrected chi connectivity index (χ4v) is 1.80. The molecule has 3 nitrogen and oxygen atoms in total. The summed E-state index contributed by atoms with van der Waals surface area (Å²) < 4.78 is 40.8. The lowest BCUT2D eigenvalue weighted by atomic mass is 9.95. The number of hydrogen-bond donors (Lipinski definition) is 1. The average Bonchev–Trinajstić information content (AvgIpc) is 2.63. The van der Waals surface area contributed by atoms with Crippen LogP contribution in [0.1, 0.15) is 19.3 Å². The van der Waals surface area contributed by atoms with Gasteiger partial charge in [-0.05, 0) is 13.5 Å². The molecule has 1 aliphatic rings. The zero-order chi connectivity index (χ0) is 12.2. The molecule has 0 spiro atoms. The second-order valence-electron chi connectivity index (χ2n) is 3.97. The van der Waals surface area contributed by atoms with Crippen LogP contribution in [-0.2, 0) is 9.53 Å². The van der Waals surface area contributed by atoms with E-state index in [0.717, 1.165) is 0 Å². The summed E-state index contributed by atoms with van der Waals surface area (Å²) in [4.78, 5) is 11.6. The molecule has 2 atom stereocenters. The van der Waals surface area contributed by atoms with Gasteiger partial charge >= 0.3 is 6.18 Å². The van der Waals surface area contributed by atoms with E-state index in [0.29, 0.717) is 13.2 Å². The predicted octanol–water partition coefficient (Wildman–Crippen LogP) is 1.52. The first-order valence-electron chi connectivity index (χ1n) is 5.28. The number of ketones is 1. The number of carbonyl (C=O) groups is 1. The van der Waals surface area contributed by atoms with Gasteiger partial charge in [0, 0.05) is 18.9 Å². The number of nitrogens with one attached hydrogen (secondary N) is 1. The summed E-state index contributed by atoms with van der Waals surface area (Å²) in [5.41, 5.74) is 0. The molecule has 0 amide bonds. The minimum absolute atomic E-state index is 0.0221. The highest BCUT2D eigenvalue weighted by Gasteiger charge is 2.33. The minimum Gasteiger partial charge on any atom is -0.379 e. The van der Waals surface area contributed by atoms with Gasteiger partial charge in [0.25, 0.3) is 0 Å². The summed E-state index contributed by atoms with van der Waals surface area (Å²) in [5.74, 6) is -0.431. The summed E-state index contributed by atoms with van der Waals surface area (Å²) in [6.45, 7) is 0.766. The van der Waals surface area contributed by atoms with Crippen LogP contribution < -0.4 is 5.32 Å².